The van der Waals surface area contributed by atoms with Gasteiger partial charge in [0.25, 0.3) is 0 Å². The van der Waals surface area contributed by atoms with E-state index in [-0.39, 0.29) is 41.9 Å². The molecular formula is C75H56IN4OU-. The molecule has 0 saturated carbocycles. The van der Waals surface area contributed by atoms with E-state index in [9.17, 15) is 0 Å². The van der Waals surface area contributed by atoms with E-state index in [4.69, 9.17) is 4.42 Å². The van der Waals surface area contributed by atoms with Crippen LogP contribution in [0.2, 0.25) is 0 Å². The quantitative estimate of drug-likeness (QED) is 0.128. The number of H-pyrrole nitrogens is 1. The number of fused-ring (bicyclic) bond motifs is 17. The number of furan rings is 1. The molecule has 15 aromatic rings. The first-order chi connectivity index (χ1) is 39.4. The molecule has 0 spiro atoms. The Morgan fingerprint density at radius 1 is 0.476 bits per heavy atom. The Kier molecular flexibility index (Phi) is 11.8. The summed E-state index contributed by atoms with van der Waals surface area (Å²) >= 11 is -0.611. The molecule has 394 valence electrons. The predicted octanol–water partition coefficient (Wildman–Crippen LogP) is 17.6. The van der Waals surface area contributed by atoms with Crippen molar-refractivity contribution in [3.63, 3.8) is 0 Å². The van der Waals surface area contributed by atoms with Gasteiger partial charge in [-0.25, -0.2) is 0 Å². The molecule has 7 heteroatoms. The van der Waals surface area contributed by atoms with Crippen LogP contribution >= 0.6 is 0 Å². The van der Waals surface area contributed by atoms with Gasteiger partial charge in [0.05, 0.1) is 0 Å². The van der Waals surface area contributed by atoms with Gasteiger partial charge in [0.1, 0.15) is 0 Å². The number of aromatic nitrogens is 2. The molecular weight excluding hydrogens is 1340 g/mol. The molecule has 4 aromatic heterocycles. The fourth-order valence-electron chi connectivity index (χ4n) is 13.2. The van der Waals surface area contributed by atoms with Crippen molar-refractivity contribution >= 4 is 116 Å². The van der Waals surface area contributed by atoms with Gasteiger partial charge in [0.15, 0.2) is 0 Å². The van der Waals surface area contributed by atoms with Crippen LogP contribution < -0.4 is 31.0 Å². The predicted molar refractivity (Wildman–Crippen MR) is 335 cm³/mol. The molecule has 0 fully saturated rings. The Bertz CT molecular complexity index is 5090. The Labute approximate surface area is 511 Å². The molecule has 0 atom stereocenters. The van der Waals surface area contributed by atoms with Gasteiger partial charge >= 0.3 is 457 Å². The number of para-hydroxylation sites is 6. The first kappa shape index (κ1) is 51.1. The fourth-order valence-corrected chi connectivity index (χ4v) is 16.4. The van der Waals surface area contributed by atoms with Gasteiger partial charge < -0.3 is 0 Å². The molecule has 5 nitrogen and oxygen atoms in total. The Morgan fingerprint density at radius 3 is 1.89 bits per heavy atom. The summed E-state index contributed by atoms with van der Waals surface area (Å²) in [6, 6.07) is 84.0. The van der Waals surface area contributed by atoms with E-state index in [1.807, 2.05) is 0 Å². The van der Waals surface area contributed by atoms with Crippen molar-refractivity contribution in [3.05, 3.63) is 242 Å². The minimum Gasteiger partial charge on any atom is 2.00 e. The van der Waals surface area contributed by atoms with Crippen molar-refractivity contribution in [1.82, 2.24) is 9.38 Å². The number of anilines is 6. The molecule has 0 unspecified atom stereocenters. The molecule has 1 N–H and O–H groups in total. The minimum atomic E-state index is -0.611. The van der Waals surface area contributed by atoms with Crippen molar-refractivity contribution in [2.45, 2.75) is 59.3 Å². The van der Waals surface area contributed by atoms with Crippen molar-refractivity contribution in [3.8, 4) is 22.3 Å². The minimum absolute atomic E-state index is 0. The third-order valence-electron chi connectivity index (χ3n) is 16.9. The topological polar surface area (TPSA) is 39.8 Å². The zero-order chi connectivity index (χ0) is 54.6. The molecule has 0 aliphatic carbocycles. The average Bonchev–Trinajstić information content (AvgIpc) is 2.20. The van der Waals surface area contributed by atoms with Crippen LogP contribution in [0.15, 0.2) is 211 Å². The number of aryl methyl sites for hydroxylation is 1. The number of nitrogens with one attached hydrogen (secondary N) is 1. The zero-order valence-corrected chi connectivity index (χ0v) is 53.1. The first-order valence-corrected chi connectivity index (χ1v) is 30.2. The van der Waals surface area contributed by atoms with Crippen LogP contribution in [-0.2, 0) is 10.8 Å². The van der Waals surface area contributed by atoms with Gasteiger partial charge in [-0.1, -0.05) is 53.7 Å². The van der Waals surface area contributed by atoms with E-state index in [1.165, 1.54) is 78.3 Å². The monoisotopic (exact) mass is 1390 g/mol. The van der Waals surface area contributed by atoms with Crippen LogP contribution in [-0.4, -0.2) is 9.38 Å². The molecule has 5 heterocycles. The molecule has 82 heavy (non-hydrogen) atoms. The SMILES string of the molecule is Cc1ccccc1N(c1[c-]c(-c2[c-]c(C(C)(C)C)ccc2)ccc1)c1cc2c(c3c1c1cccc4c5c(N(c6ccccc6)c6cccc7c6oc6c(C(C)(C)C)cccc67)cc6c7ccccc7[nH]c6c5n3c14)[I-]c1ccccc1-2.[U+2]. The summed E-state index contributed by atoms with van der Waals surface area (Å²) < 4.78 is 12.9. The van der Waals surface area contributed by atoms with Gasteiger partial charge in [0, 0.05) is 0 Å². The summed E-state index contributed by atoms with van der Waals surface area (Å²) in [5.74, 6) is 0. The third-order valence-corrected chi connectivity index (χ3v) is 20.1. The molecule has 0 saturated heterocycles. The van der Waals surface area contributed by atoms with E-state index in [2.05, 4.69) is 286 Å². The van der Waals surface area contributed by atoms with Crippen molar-refractivity contribution in [2.75, 3.05) is 9.80 Å². The molecule has 0 radical (unpaired) electrons. The van der Waals surface area contributed by atoms with E-state index < -0.39 is 21.2 Å². The molecule has 11 aromatic carbocycles. The zero-order valence-electron chi connectivity index (χ0n) is 46.8. The number of hydrogen-bond donors (Lipinski definition) is 1. The van der Waals surface area contributed by atoms with Gasteiger partial charge in [0.2, 0.25) is 0 Å². The van der Waals surface area contributed by atoms with Gasteiger partial charge in [-0.3, -0.25) is 0 Å². The Hall–Kier alpha value is -7.80. The van der Waals surface area contributed by atoms with Crippen LogP contribution in [0, 0.1) is 57.3 Å². The first-order valence-electron chi connectivity index (χ1n) is 28.1. The standard InChI is InChI=1S/C75H56IN4O.U/c1-44-22-11-16-38-61(44)79(49-28-18-24-46(41-49)45-23-17-25-47(40-45)74(2,3)4)63-42-56-50-29-12-14-36-59(50)76-67(56)70-65(63)54-33-19-34-55-66-64(43-57-51-30-13-15-37-60(51)77-68(57)71(66)80(70)69(54)55)78(48-26-9-8-10-27-48)62-39-21-32-53-52-31-20-35-58(75(5,6)7)72(52)81-73(53)62;/h8-39,42-43,77H,1-7H3;/q-3;+2. The average molecular weight is 1390 g/mol. The van der Waals surface area contributed by atoms with Crippen LogP contribution in [0.5, 0.6) is 0 Å². The summed E-state index contributed by atoms with van der Waals surface area (Å²) in [5, 5.41) is 9.41. The van der Waals surface area contributed by atoms with Crippen LogP contribution in [0.3, 0.4) is 0 Å². The van der Waals surface area contributed by atoms with E-state index >= 15 is 0 Å². The van der Waals surface area contributed by atoms with Crippen molar-refractivity contribution < 1.29 is 56.7 Å². The number of hydrogen-bond acceptors (Lipinski definition) is 3. The van der Waals surface area contributed by atoms with Gasteiger partial charge in [-0.05, 0) is 5.41 Å². The maximum absolute atomic E-state index is 7.28. The molecule has 1 aliphatic heterocycles. The second-order valence-electron chi connectivity index (χ2n) is 24.0. The Balaban J connectivity index is 0.00000576. The van der Waals surface area contributed by atoms with Crippen LogP contribution in [0.1, 0.15) is 58.2 Å². The summed E-state index contributed by atoms with van der Waals surface area (Å²) in [6.07, 6.45) is 0. The largest absolute Gasteiger partial charge is 2.00 e. The smallest absolute Gasteiger partial charge is 2.00 e. The second kappa shape index (κ2) is 18.9. The van der Waals surface area contributed by atoms with E-state index in [0.717, 1.165) is 83.7 Å². The van der Waals surface area contributed by atoms with Gasteiger partial charge in [-0.2, -0.15) is 0 Å². The number of aromatic amines is 1. The maximum atomic E-state index is 7.28. The van der Waals surface area contributed by atoms with Crippen LogP contribution in [0.25, 0.3) is 104 Å². The number of halogens is 1. The molecule has 0 amide bonds. The summed E-state index contributed by atoms with van der Waals surface area (Å²) in [6.45, 7) is 15.8. The molecule has 1 aliphatic rings. The van der Waals surface area contributed by atoms with Crippen molar-refractivity contribution in [2.24, 2.45) is 0 Å². The number of rotatable bonds is 7. The third kappa shape index (κ3) is 7.62. The molecule has 16 rings (SSSR count). The normalized spacial score (nSPS) is 12.8. The fraction of sp³-hybridized carbons (Fsp3) is 0.120. The summed E-state index contributed by atoms with van der Waals surface area (Å²) in [4.78, 5) is 9.05. The van der Waals surface area contributed by atoms with E-state index in [1.54, 1.807) is 0 Å². The maximum Gasteiger partial charge on any atom is 2.00 e. The van der Waals surface area contributed by atoms with Crippen molar-refractivity contribution in [1.29, 1.82) is 0 Å². The molecule has 0 bridgehead atoms. The number of benzene rings is 11. The van der Waals surface area contributed by atoms with E-state index in [0.29, 0.717) is 0 Å². The summed E-state index contributed by atoms with van der Waals surface area (Å²) in [5.41, 5.74) is 22.1. The second-order valence-corrected chi connectivity index (χ2v) is 26.7. The number of nitrogens with zero attached hydrogens (tertiary/aromatic N) is 3. The van der Waals surface area contributed by atoms with Crippen LogP contribution in [0.4, 0.5) is 34.1 Å². The Morgan fingerprint density at radius 2 is 1.10 bits per heavy atom. The van der Waals surface area contributed by atoms with Gasteiger partial charge in [-0.15, -0.1) is 0 Å². The summed E-state index contributed by atoms with van der Waals surface area (Å²) in [7, 11) is 0.